The molecule has 0 N–H and O–H groups in total. The van der Waals surface area contributed by atoms with E-state index in [4.69, 9.17) is 11.6 Å². The number of alkyl halides is 1. The van der Waals surface area contributed by atoms with E-state index in [9.17, 15) is 10.1 Å². The second kappa shape index (κ2) is 4.87. The Morgan fingerprint density at radius 1 is 1.21 bits per heavy atom. The highest BCUT2D eigenvalue weighted by Crippen LogP contribution is 2.43. The van der Waals surface area contributed by atoms with E-state index in [1.807, 2.05) is 30.3 Å². The summed E-state index contributed by atoms with van der Waals surface area (Å²) in [5.41, 5.74) is 2.15. The molecule has 0 saturated carbocycles. The molecule has 0 saturated heterocycles. The van der Waals surface area contributed by atoms with Crippen molar-refractivity contribution in [2.75, 3.05) is 0 Å². The fraction of sp³-hybridized carbons (Fsp3) is 0.143. The van der Waals surface area contributed by atoms with Crippen LogP contribution in [-0.2, 0) is 6.42 Å². The van der Waals surface area contributed by atoms with Crippen molar-refractivity contribution in [2.24, 2.45) is 0 Å². The van der Waals surface area contributed by atoms with E-state index < -0.39 is 0 Å². The molecule has 0 spiro atoms. The Balaban J connectivity index is 2.09. The first-order chi connectivity index (χ1) is 9.15. The Bertz CT molecular complexity index is 660. The molecule has 0 amide bonds. The van der Waals surface area contributed by atoms with Crippen molar-refractivity contribution in [1.29, 1.82) is 0 Å². The maximum atomic E-state index is 10.8. The Labute approximate surface area is 119 Å². The van der Waals surface area contributed by atoms with E-state index in [2.05, 4.69) is 0 Å². The van der Waals surface area contributed by atoms with Crippen molar-refractivity contribution in [3.63, 3.8) is 0 Å². The lowest BCUT2D eigenvalue weighted by Crippen LogP contribution is -1.96. The van der Waals surface area contributed by atoms with Gasteiger partial charge in [-0.25, -0.2) is 0 Å². The molecule has 1 heterocycles. The minimum absolute atomic E-state index is 0.120. The third-order valence-corrected chi connectivity index (χ3v) is 4.73. The predicted octanol–water partition coefficient (Wildman–Crippen LogP) is 4.58. The molecule has 3 nitrogen and oxygen atoms in total. The number of hydrogen-bond acceptors (Lipinski definition) is 3. The summed E-state index contributed by atoms with van der Waals surface area (Å²) < 4.78 is 0. The second-order valence-electron chi connectivity index (χ2n) is 4.36. The van der Waals surface area contributed by atoms with E-state index >= 15 is 0 Å². The van der Waals surface area contributed by atoms with E-state index in [0.717, 1.165) is 20.9 Å². The zero-order valence-corrected chi connectivity index (χ0v) is 11.4. The topological polar surface area (TPSA) is 43.1 Å². The smallest absolute Gasteiger partial charge is 0.258 e. The number of halogens is 1. The number of rotatable bonds is 1. The Kier molecular flexibility index (Phi) is 3.21. The fourth-order valence-electron chi connectivity index (χ4n) is 2.19. The summed E-state index contributed by atoms with van der Waals surface area (Å²) in [4.78, 5) is 12.6. The van der Waals surface area contributed by atoms with E-state index in [0.29, 0.717) is 6.42 Å². The molecular weight excluding hydrogens is 282 g/mol. The molecule has 5 heteroatoms. The van der Waals surface area contributed by atoms with Crippen molar-refractivity contribution >= 4 is 29.1 Å². The van der Waals surface area contributed by atoms with Gasteiger partial charge in [-0.15, -0.1) is 11.6 Å². The molecule has 3 rings (SSSR count). The van der Waals surface area contributed by atoms with Crippen molar-refractivity contribution in [3.8, 4) is 0 Å². The predicted molar refractivity (Wildman–Crippen MR) is 76.0 cm³/mol. The summed E-state index contributed by atoms with van der Waals surface area (Å²) in [6.07, 6.45) is 0.614. The van der Waals surface area contributed by atoms with Gasteiger partial charge in [0.1, 0.15) is 0 Å². The number of non-ortho nitro benzene ring substituents is 1. The van der Waals surface area contributed by atoms with Crippen LogP contribution in [0, 0.1) is 10.1 Å². The van der Waals surface area contributed by atoms with Crippen LogP contribution in [0.1, 0.15) is 16.5 Å². The SMILES string of the molecule is O=[N+]([O-])c1ccc2c(c1)CC(Cl)c1ccccc1S2. The van der Waals surface area contributed by atoms with Gasteiger partial charge in [0, 0.05) is 21.9 Å². The highest BCUT2D eigenvalue weighted by molar-refractivity contribution is 7.99. The molecule has 19 heavy (non-hydrogen) atoms. The molecule has 2 aromatic rings. The number of hydrogen-bond donors (Lipinski definition) is 0. The lowest BCUT2D eigenvalue weighted by atomic mass is 10.0. The Morgan fingerprint density at radius 3 is 2.79 bits per heavy atom. The summed E-state index contributed by atoms with van der Waals surface area (Å²) in [5.74, 6) is 0. The molecule has 1 atom stereocenters. The quantitative estimate of drug-likeness (QED) is 0.439. The molecule has 2 aromatic carbocycles. The summed E-state index contributed by atoms with van der Waals surface area (Å²) in [5, 5.41) is 10.7. The zero-order valence-electron chi connectivity index (χ0n) is 9.88. The molecule has 0 aromatic heterocycles. The second-order valence-corrected chi connectivity index (χ2v) is 5.97. The van der Waals surface area contributed by atoms with Crippen LogP contribution in [0.3, 0.4) is 0 Å². The number of nitrogens with zero attached hydrogens (tertiary/aromatic N) is 1. The van der Waals surface area contributed by atoms with Crippen molar-refractivity contribution < 1.29 is 4.92 Å². The maximum absolute atomic E-state index is 10.8. The first kappa shape index (κ1) is 12.5. The minimum Gasteiger partial charge on any atom is -0.258 e. The molecule has 0 aliphatic carbocycles. The van der Waals surface area contributed by atoms with E-state index in [-0.39, 0.29) is 16.0 Å². The average molecular weight is 292 g/mol. The summed E-state index contributed by atoms with van der Waals surface area (Å²) >= 11 is 8.05. The van der Waals surface area contributed by atoms with Gasteiger partial charge in [-0.3, -0.25) is 10.1 Å². The fourth-order valence-corrected chi connectivity index (χ4v) is 3.73. The molecule has 1 unspecified atom stereocenters. The van der Waals surface area contributed by atoms with E-state index in [1.54, 1.807) is 23.9 Å². The van der Waals surface area contributed by atoms with Crippen LogP contribution in [0.4, 0.5) is 5.69 Å². The molecule has 0 radical (unpaired) electrons. The lowest BCUT2D eigenvalue weighted by molar-refractivity contribution is -0.385. The van der Waals surface area contributed by atoms with Crippen LogP contribution in [0.2, 0.25) is 0 Å². The van der Waals surface area contributed by atoms with Gasteiger partial charge < -0.3 is 0 Å². The van der Waals surface area contributed by atoms with Crippen LogP contribution >= 0.6 is 23.4 Å². The highest BCUT2D eigenvalue weighted by atomic mass is 35.5. The summed E-state index contributed by atoms with van der Waals surface area (Å²) in [7, 11) is 0. The normalized spacial score (nSPS) is 17.2. The molecular formula is C14H10ClNO2S. The molecule has 96 valence electrons. The summed E-state index contributed by atoms with van der Waals surface area (Å²) in [6, 6.07) is 13.0. The monoisotopic (exact) mass is 291 g/mol. The van der Waals surface area contributed by atoms with Crippen LogP contribution in [0.5, 0.6) is 0 Å². The van der Waals surface area contributed by atoms with Gasteiger partial charge in [0.25, 0.3) is 5.69 Å². The molecule has 0 fully saturated rings. The standard InChI is InChI=1S/C14H10ClNO2S/c15-12-8-9-7-10(16(17)18)5-6-13(9)19-14-4-2-1-3-11(12)14/h1-7,12H,8H2. The van der Waals surface area contributed by atoms with Gasteiger partial charge in [-0.1, -0.05) is 30.0 Å². The minimum atomic E-state index is -0.369. The Morgan fingerprint density at radius 2 is 2.00 bits per heavy atom. The van der Waals surface area contributed by atoms with Gasteiger partial charge in [-0.05, 0) is 29.7 Å². The molecule has 1 aliphatic rings. The third kappa shape index (κ3) is 2.33. The highest BCUT2D eigenvalue weighted by Gasteiger charge is 2.22. The number of fused-ring (bicyclic) bond motifs is 2. The van der Waals surface area contributed by atoms with Crippen LogP contribution in [-0.4, -0.2) is 4.92 Å². The van der Waals surface area contributed by atoms with Crippen molar-refractivity contribution in [1.82, 2.24) is 0 Å². The van der Waals surface area contributed by atoms with Crippen LogP contribution < -0.4 is 0 Å². The summed E-state index contributed by atoms with van der Waals surface area (Å²) in [6.45, 7) is 0. The van der Waals surface area contributed by atoms with Crippen molar-refractivity contribution in [3.05, 3.63) is 63.7 Å². The number of benzene rings is 2. The zero-order chi connectivity index (χ0) is 13.4. The lowest BCUT2D eigenvalue weighted by Gasteiger charge is -2.08. The Hall–Kier alpha value is -1.52. The molecule has 0 bridgehead atoms. The first-order valence-corrected chi connectivity index (χ1v) is 7.08. The first-order valence-electron chi connectivity index (χ1n) is 5.83. The largest absolute Gasteiger partial charge is 0.269 e. The number of nitro groups is 1. The van der Waals surface area contributed by atoms with Gasteiger partial charge in [0.2, 0.25) is 0 Å². The maximum Gasteiger partial charge on any atom is 0.269 e. The number of nitro benzene ring substituents is 1. The van der Waals surface area contributed by atoms with Crippen molar-refractivity contribution in [2.45, 2.75) is 21.6 Å². The third-order valence-electron chi connectivity index (χ3n) is 3.13. The van der Waals surface area contributed by atoms with Gasteiger partial charge in [0.15, 0.2) is 0 Å². The molecule has 1 aliphatic heterocycles. The van der Waals surface area contributed by atoms with Gasteiger partial charge in [0.05, 0.1) is 10.3 Å². The van der Waals surface area contributed by atoms with E-state index in [1.165, 1.54) is 0 Å². The van der Waals surface area contributed by atoms with Gasteiger partial charge in [-0.2, -0.15) is 0 Å². The van der Waals surface area contributed by atoms with Gasteiger partial charge >= 0.3 is 0 Å². The van der Waals surface area contributed by atoms with Crippen LogP contribution in [0.15, 0.2) is 52.3 Å². The average Bonchev–Trinajstić information content (AvgIpc) is 2.54. The van der Waals surface area contributed by atoms with Crippen LogP contribution in [0.25, 0.3) is 0 Å².